The van der Waals surface area contributed by atoms with Crippen molar-refractivity contribution in [1.29, 1.82) is 0 Å². The van der Waals surface area contributed by atoms with Crippen molar-refractivity contribution in [1.82, 2.24) is 0 Å². The Morgan fingerprint density at radius 3 is 2.71 bits per heavy atom. The highest BCUT2D eigenvalue weighted by atomic mass is 16.5. The molecular formula is C15H14O2. The highest BCUT2D eigenvalue weighted by molar-refractivity contribution is 5.92. The normalized spacial score (nSPS) is 14.9. The minimum Gasteiger partial charge on any atom is -0.425 e. The number of benzene rings is 2. The molecule has 1 aliphatic carbocycles. The monoisotopic (exact) mass is 226 g/mol. The van der Waals surface area contributed by atoms with E-state index in [9.17, 15) is 4.79 Å². The molecule has 0 heterocycles. The molecule has 3 rings (SSSR count). The van der Waals surface area contributed by atoms with Gasteiger partial charge in [-0.05, 0) is 30.7 Å². The Hall–Kier alpha value is -1.83. The van der Waals surface area contributed by atoms with Crippen molar-refractivity contribution in [3.05, 3.63) is 42.0 Å². The van der Waals surface area contributed by atoms with Crippen LogP contribution in [0.25, 0.3) is 10.8 Å². The average Bonchev–Trinajstić information content (AvgIpc) is 3.17. The lowest BCUT2D eigenvalue weighted by molar-refractivity contribution is -0.135. The number of ether oxygens (including phenoxy) is 1. The van der Waals surface area contributed by atoms with Crippen LogP contribution in [0.4, 0.5) is 0 Å². The van der Waals surface area contributed by atoms with E-state index < -0.39 is 0 Å². The van der Waals surface area contributed by atoms with Crippen LogP contribution in [0.3, 0.4) is 0 Å². The zero-order valence-corrected chi connectivity index (χ0v) is 9.77. The van der Waals surface area contributed by atoms with Gasteiger partial charge in [-0.2, -0.15) is 0 Å². The lowest BCUT2D eigenvalue weighted by Crippen LogP contribution is -2.10. The van der Waals surface area contributed by atoms with E-state index in [0.717, 1.165) is 34.9 Å². The first-order chi connectivity index (χ1) is 8.25. The first-order valence-corrected chi connectivity index (χ1v) is 5.96. The second-order valence-corrected chi connectivity index (χ2v) is 4.63. The molecule has 1 fully saturated rings. The molecule has 17 heavy (non-hydrogen) atoms. The van der Waals surface area contributed by atoms with Crippen LogP contribution in [0.2, 0.25) is 0 Å². The van der Waals surface area contributed by atoms with Gasteiger partial charge in [-0.25, -0.2) is 0 Å². The number of hydrogen-bond donors (Lipinski definition) is 0. The summed E-state index contributed by atoms with van der Waals surface area (Å²) in [4.78, 5) is 11.7. The molecule has 0 N–H and O–H groups in total. The van der Waals surface area contributed by atoms with E-state index in [0.29, 0.717) is 0 Å². The van der Waals surface area contributed by atoms with Gasteiger partial charge in [0.25, 0.3) is 0 Å². The molecule has 2 aromatic rings. The zero-order valence-electron chi connectivity index (χ0n) is 9.77. The van der Waals surface area contributed by atoms with Crippen molar-refractivity contribution in [2.75, 3.05) is 0 Å². The summed E-state index contributed by atoms with van der Waals surface area (Å²) in [5, 5.41) is 2.12. The summed E-state index contributed by atoms with van der Waals surface area (Å²) in [5.41, 5.74) is 1.01. The van der Waals surface area contributed by atoms with Gasteiger partial charge in [-0.3, -0.25) is 4.79 Å². The van der Waals surface area contributed by atoms with Crippen LogP contribution in [0.15, 0.2) is 36.4 Å². The molecule has 1 saturated carbocycles. The second kappa shape index (κ2) is 3.88. The van der Waals surface area contributed by atoms with E-state index in [1.807, 2.05) is 37.3 Å². The van der Waals surface area contributed by atoms with Crippen molar-refractivity contribution in [3.63, 3.8) is 0 Å². The second-order valence-electron chi connectivity index (χ2n) is 4.63. The molecule has 0 amide bonds. The molecule has 0 aliphatic heterocycles. The number of esters is 1. The molecule has 86 valence electrons. The third-order valence-corrected chi connectivity index (χ3v) is 3.19. The van der Waals surface area contributed by atoms with Gasteiger partial charge < -0.3 is 4.74 Å². The van der Waals surface area contributed by atoms with Crippen LogP contribution in [0.1, 0.15) is 18.4 Å². The van der Waals surface area contributed by atoms with Gasteiger partial charge in [0.1, 0.15) is 5.75 Å². The molecule has 0 radical (unpaired) electrons. The van der Waals surface area contributed by atoms with Crippen LogP contribution in [0, 0.1) is 12.8 Å². The lowest BCUT2D eigenvalue weighted by atomic mass is 10.1. The van der Waals surface area contributed by atoms with Crippen molar-refractivity contribution in [3.8, 4) is 5.75 Å². The molecule has 0 aromatic heterocycles. The maximum Gasteiger partial charge on any atom is 0.314 e. The van der Waals surface area contributed by atoms with E-state index in [-0.39, 0.29) is 11.9 Å². The fourth-order valence-corrected chi connectivity index (χ4v) is 1.99. The largest absolute Gasteiger partial charge is 0.425 e. The molecular weight excluding hydrogens is 212 g/mol. The summed E-state index contributed by atoms with van der Waals surface area (Å²) in [6, 6.07) is 12.0. The van der Waals surface area contributed by atoms with Gasteiger partial charge in [0.15, 0.2) is 0 Å². The summed E-state index contributed by atoms with van der Waals surface area (Å²) >= 11 is 0. The zero-order chi connectivity index (χ0) is 11.8. The van der Waals surface area contributed by atoms with Gasteiger partial charge in [0.05, 0.1) is 5.92 Å². The molecule has 0 saturated heterocycles. The van der Waals surface area contributed by atoms with Crippen LogP contribution >= 0.6 is 0 Å². The Kier molecular flexibility index (Phi) is 2.36. The van der Waals surface area contributed by atoms with Crippen molar-refractivity contribution in [2.24, 2.45) is 5.92 Å². The molecule has 2 heteroatoms. The van der Waals surface area contributed by atoms with Crippen molar-refractivity contribution in [2.45, 2.75) is 19.8 Å². The molecule has 0 spiro atoms. The Morgan fingerprint density at radius 1 is 1.18 bits per heavy atom. The number of carbonyl (C=O) groups excluding carboxylic acids is 1. The maximum atomic E-state index is 11.7. The smallest absolute Gasteiger partial charge is 0.314 e. The predicted octanol–water partition coefficient (Wildman–Crippen LogP) is 3.46. The molecule has 0 unspecified atom stereocenters. The van der Waals surface area contributed by atoms with E-state index >= 15 is 0 Å². The van der Waals surface area contributed by atoms with Crippen molar-refractivity contribution >= 4 is 16.7 Å². The molecule has 0 bridgehead atoms. The SMILES string of the molecule is Cc1ccc2ccccc2c1OC(=O)C1CC1. The standard InChI is InChI=1S/C15H14O2/c1-10-6-7-11-4-2-3-5-13(11)14(10)17-15(16)12-8-9-12/h2-7,12H,8-9H2,1H3. The molecule has 2 nitrogen and oxygen atoms in total. The van der Waals surface area contributed by atoms with Crippen LogP contribution in [0.5, 0.6) is 5.75 Å². The Morgan fingerprint density at radius 2 is 1.94 bits per heavy atom. The first kappa shape index (κ1) is 10.3. The van der Waals surface area contributed by atoms with E-state index in [2.05, 4.69) is 6.07 Å². The first-order valence-electron chi connectivity index (χ1n) is 5.96. The quantitative estimate of drug-likeness (QED) is 0.579. The van der Waals surface area contributed by atoms with Gasteiger partial charge in [0.2, 0.25) is 0 Å². The van der Waals surface area contributed by atoms with E-state index in [1.165, 1.54) is 0 Å². The minimum absolute atomic E-state index is 0.0792. The van der Waals surface area contributed by atoms with Crippen LogP contribution in [-0.4, -0.2) is 5.97 Å². The van der Waals surface area contributed by atoms with Crippen molar-refractivity contribution < 1.29 is 9.53 Å². The maximum absolute atomic E-state index is 11.7. The Bertz CT molecular complexity index is 582. The fraction of sp³-hybridized carbons (Fsp3) is 0.267. The van der Waals surface area contributed by atoms with Crippen LogP contribution in [-0.2, 0) is 4.79 Å². The molecule has 0 atom stereocenters. The average molecular weight is 226 g/mol. The highest BCUT2D eigenvalue weighted by Crippen LogP contribution is 2.34. The number of fused-ring (bicyclic) bond motifs is 1. The van der Waals surface area contributed by atoms with Gasteiger partial charge in [-0.15, -0.1) is 0 Å². The topological polar surface area (TPSA) is 26.3 Å². The van der Waals surface area contributed by atoms with Gasteiger partial charge in [0, 0.05) is 5.39 Å². The summed E-state index contributed by atoms with van der Waals surface area (Å²) in [6.07, 6.45) is 1.95. The Balaban J connectivity index is 2.06. The predicted molar refractivity (Wildman–Crippen MR) is 67.0 cm³/mol. The third kappa shape index (κ3) is 1.91. The number of aryl methyl sites for hydroxylation is 1. The van der Waals surface area contributed by atoms with Gasteiger partial charge in [-0.1, -0.05) is 36.4 Å². The minimum atomic E-state index is -0.0792. The third-order valence-electron chi connectivity index (χ3n) is 3.19. The molecule has 2 aromatic carbocycles. The van der Waals surface area contributed by atoms with E-state index in [4.69, 9.17) is 4.74 Å². The summed E-state index contributed by atoms with van der Waals surface area (Å²) in [6.45, 7) is 1.97. The van der Waals surface area contributed by atoms with Gasteiger partial charge >= 0.3 is 5.97 Å². The summed E-state index contributed by atoms with van der Waals surface area (Å²) in [5.74, 6) is 0.776. The number of carbonyl (C=O) groups is 1. The Labute approximate surface area is 100 Å². The number of rotatable bonds is 2. The molecule has 1 aliphatic rings. The fourth-order valence-electron chi connectivity index (χ4n) is 1.99. The highest BCUT2D eigenvalue weighted by Gasteiger charge is 2.32. The lowest BCUT2D eigenvalue weighted by Gasteiger charge is -2.10. The number of hydrogen-bond acceptors (Lipinski definition) is 2. The summed E-state index contributed by atoms with van der Waals surface area (Å²) < 4.78 is 5.54. The van der Waals surface area contributed by atoms with E-state index in [1.54, 1.807) is 0 Å². The summed E-state index contributed by atoms with van der Waals surface area (Å²) in [7, 11) is 0. The van der Waals surface area contributed by atoms with Crippen LogP contribution < -0.4 is 4.74 Å².